The number of fused-ring (bicyclic) bond motifs is 1. The van der Waals surface area contributed by atoms with Crippen LogP contribution in [0.15, 0.2) is 47.6 Å². The van der Waals surface area contributed by atoms with Crippen molar-refractivity contribution in [2.75, 3.05) is 6.61 Å². The predicted molar refractivity (Wildman–Crippen MR) is 123 cm³/mol. The minimum Gasteiger partial charge on any atom is -0.490 e. The Labute approximate surface area is 185 Å². The van der Waals surface area contributed by atoms with Crippen LogP contribution in [0.2, 0.25) is 0 Å². The van der Waals surface area contributed by atoms with Crippen LogP contribution < -0.4 is 9.47 Å². The maximum absolute atomic E-state index is 6.54. The van der Waals surface area contributed by atoms with Crippen LogP contribution in [0.25, 0.3) is 0 Å². The van der Waals surface area contributed by atoms with Crippen molar-refractivity contribution < 1.29 is 14.3 Å². The van der Waals surface area contributed by atoms with Crippen LogP contribution in [-0.2, 0) is 17.7 Å². The quantitative estimate of drug-likeness (QED) is 0.499. The summed E-state index contributed by atoms with van der Waals surface area (Å²) in [5, 5.41) is 4.51. The number of ether oxygens (including phenoxy) is 2. The van der Waals surface area contributed by atoms with Gasteiger partial charge in [-0.15, -0.1) is 0 Å². The Hall–Kier alpha value is -2.49. The third kappa shape index (κ3) is 4.44. The van der Waals surface area contributed by atoms with Crippen LogP contribution in [0.5, 0.6) is 11.5 Å². The van der Waals surface area contributed by atoms with E-state index in [-0.39, 0.29) is 11.7 Å². The van der Waals surface area contributed by atoms with Crippen molar-refractivity contribution in [2.24, 2.45) is 5.16 Å². The molecule has 1 aliphatic heterocycles. The molecule has 1 heterocycles. The topological polar surface area (TPSA) is 40.0 Å². The number of hydrogen-bond donors (Lipinski definition) is 0. The maximum atomic E-state index is 6.54. The molecule has 4 heteroatoms. The Morgan fingerprint density at radius 1 is 1.00 bits per heavy atom. The Bertz CT molecular complexity index is 920. The molecule has 164 valence electrons. The summed E-state index contributed by atoms with van der Waals surface area (Å²) in [6.07, 6.45) is 11.1. The van der Waals surface area contributed by atoms with Gasteiger partial charge in [0, 0.05) is 24.8 Å². The molecule has 0 atom stereocenters. The van der Waals surface area contributed by atoms with E-state index < -0.39 is 0 Å². The van der Waals surface area contributed by atoms with Crippen LogP contribution in [-0.4, -0.2) is 24.0 Å². The van der Waals surface area contributed by atoms with Gasteiger partial charge in [-0.25, -0.2) is 0 Å². The predicted octanol–water partition coefficient (Wildman–Crippen LogP) is 6.24. The highest BCUT2D eigenvalue weighted by atomic mass is 16.7. The van der Waals surface area contributed by atoms with Crippen molar-refractivity contribution >= 4 is 5.71 Å². The lowest BCUT2D eigenvalue weighted by Gasteiger charge is -2.30. The molecule has 2 aliphatic carbocycles. The molecule has 3 aliphatic rings. The van der Waals surface area contributed by atoms with Crippen molar-refractivity contribution in [3.8, 4) is 11.5 Å². The van der Waals surface area contributed by atoms with Crippen LogP contribution in [0, 0.1) is 0 Å². The summed E-state index contributed by atoms with van der Waals surface area (Å²) in [4.78, 5) is 5.99. The molecule has 0 N–H and O–H groups in total. The summed E-state index contributed by atoms with van der Waals surface area (Å²) in [7, 11) is 0. The lowest BCUT2D eigenvalue weighted by atomic mass is 9.81. The van der Waals surface area contributed by atoms with Gasteiger partial charge in [0.05, 0.1) is 12.3 Å². The summed E-state index contributed by atoms with van der Waals surface area (Å²) >= 11 is 0. The second-order valence-electron chi connectivity index (χ2n) is 9.33. The van der Waals surface area contributed by atoms with Crippen LogP contribution in [0.3, 0.4) is 0 Å². The normalized spacial score (nSPS) is 19.7. The number of unbranched alkanes of at least 4 members (excludes halogenated alkanes) is 1. The molecule has 0 radical (unpaired) electrons. The Morgan fingerprint density at radius 3 is 2.52 bits per heavy atom. The highest BCUT2D eigenvalue weighted by Gasteiger charge is 2.40. The molecule has 1 saturated carbocycles. The van der Waals surface area contributed by atoms with E-state index in [1.165, 1.54) is 30.4 Å². The SMILES string of the molecule is CCCCOc1ccc(C2=NOC3(CCCCC3)C2)cc1OC1Cc2ccccc2C1. The molecule has 0 aromatic heterocycles. The van der Waals surface area contributed by atoms with Crippen molar-refractivity contribution in [3.63, 3.8) is 0 Å². The summed E-state index contributed by atoms with van der Waals surface area (Å²) in [5.74, 6) is 1.67. The van der Waals surface area contributed by atoms with Crippen molar-refractivity contribution in [2.45, 2.75) is 82.8 Å². The fourth-order valence-corrected chi connectivity index (χ4v) is 5.15. The molecule has 0 bridgehead atoms. The van der Waals surface area contributed by atoms with Gasteiger partial charge in [0.1, 0.15) is 11.7 Å². The first kappa shape index (κ1) is 20.4. The summed E-state index contributed by atoms with van der Waals surface area (Å²) in [6, 6.07) is 14.9. The summed E-state index contributed by atoms with van der Waals surface area (Å²) in [6.45, 7) is 2.89. The molecule has 5 rings (SSSR count). The molecule has 2 aromatic rings. The summed E-state index contributed by atoms with van der Waals surface area (Å²) < 4.78 is 12.6. The van der Waals surface area contributed by atoms with E-state index in [9.17, 15) is 0 Å². The fraction of sp³-hybridized carbons (Fsp3) is 0.519. The fourth-order valence-electron chi connectivity index (χ4n) is 5.15. The molecule has 2 aromatic carbocycles. The van der Waals surface area contributed by atoms with Gasteiger partial charge in [0.25, 0.3) is 0 Å². The third-order valence-electron chi connectivity index (χ3n) is 6.94. The first-order valence-corrected chi connectivity index (χ1v) is 12.0. The molecule has 0 saturated heterocycles. The molecule has 1 fully saturated rings. The Kier molecular flexibility index (Phi) is 5.89. The number of rotatable bonds is 7. The molecule has 4 nitrogen and oxygen atoms in total. The highest BCUT2D eigenvalue weighted by Crippen LogP contribution is 2.41. The van der Waals surface area contributed by atoms with E-state index in [0.29, 0.717) is 6.61 Å². The van der Waals surface area contributed by atoms with Crippen LogP contribution >= 0.6 is 0 Å². The zero-order valence-corrected chi connectivity index (χ0v) is 18.6. The van der Waals surface area contributed by atoms with E-state index in [1.54, 1.807) is 0 Å². The van der Waals surface area contributed by atoms with Gasteiger partial charge in [-0.2, -0.15) is 0 Å². The molecule has 0 unspecified atom stereocenters. The lowest BCUT2D eigenvalue weighted by molar-refractivity contribution is -0.0449. The number of benzene rings is 2. The van der Waals surface area contributed by atoms with Crippen LogP contribution in [0.1, 0.15) is 75.0 Å². The van der Waals surface area contributed by atoms with Crippen molar-refractivity contribution in [3.05, 3.63) is 59.2 Å². The van der Waals surface area contributed by atoms with E-state index in [4.69, 9.17) is 14.3 Å². The van der Waals surface area contributed by atoms with E-state index in [2.05, 4.69) is 54.5 Å². The molecular formula is C27H33NO3. The number of oxime groups is 1. The molecular weight excluding hydrogens is 386 g/mol. The van der Waals surface area contributed by atoms with Gasteiger partial charge < -0.3 is 14.3 Å². The van der Waals surface area contributed by atoms with Gasteiger partial charge in [-0.3, -0.25) is 0 Å². The standard InChI is InChI=1S/C27H33NO3/c1-2-3-15-29-25-12-11-22(24-19-27(31-28-24)13-7-4-8-14-27)18-26(25)30-23-16-20-9-5-6-10-21(20)17-23/h5-6,9-12,18,23H,2-4,7-8,13-17,19H2,1H3. The first-order chi connectivity index (χ1) is 15.2. The average Bonchev–Trinajstić information content (AvgIpc) is 3.39. The summed E-state index contributed by atoms with van der Waals surface area (Å²) in [5.41, 5.74) is 4.85. The van der Waals surface area contributed by atoms with Crippen LogP contribution in [0.4, 0.5) is 0 Å². The van der Waals surface area contributed by atoms with E-state index >= 15 is 0 Å². The van der Waals surface area contributed by atoms with E-state index in [0.717, 1.165) is 67.7 Å². The molecule has 1 spiro atoms. The third-order valence-corrected chi connectivity index (χ3v) is 6.94. The van der Waals surface area contributed by atoms with Gasteiger partial charge >= 0.3 is 0 Å². The zero-order chi connectivity index (χ0) is 21.1. The largest absolute Gasteiger partial charge is 0.490 e. The monoisotopic (exact) mass is 419 g/mol. The Morgan fingerprint density at radius 2 is 1.77 bits per heavy atom. The minimum atomic E-state index is -0.0714. The second-order valence-corrected chi connectivity index (χ2v) is 9.33. The highest BCUT2D eigenvalue weighted by molar-refractivity contribution is 6.02. The second kappa shape index (κ2) is 8.94. The van der Waals surface area contributed by atoms with Gasteiger partial charge in [0.15, 0.2) is 11.5 Å². The maximum Gasteiger partial charge on any atom is 0.162 e. The number of nitrogens with zero attached hydrogens (tertiary/aromatic N) is 1. The Balaban J connectivity index is 1.35. The smallest absolute Gasteiger partial charge is 0.162 e. The lowest BCUT2D eigenvalue weighted by Crippen LogP contribution is -2.31. The number of hydrogen-bond acceptors (Lipinski definition) is 4. The van der Waals surface area contributed by atoms with Gasteiger partial charge in [-0.05, 0) is 61.4 Å². The van der Waals surface area contributed by atoms with Gasteiger partial charge in [-0.1, -0.05) is 49.2 Å². The molecule has 0 amide bonds. The zero-order valence-electron chi connectivity index (χ0n) is 18.6. The molecule has 31 heavy (non-hydrogen) atoms. The first-order valence-electron chi connectivity index (χ1n) is 12.0. The van der Waals surface area contributed by atoms with Crippen molar-refractivity contribution in [1.29, 1.82) is 0 Å². The average molecular weight is 420 g/mol. The van der Waals surface area contributed by atoms with E-state index in [1.807, 2.05) is 0 Å². The van der Waals surface area contributed by atoms with Gasteiger partial charge in [0.2, 0.25) is 0 Å². The minimum absolute atomic E-state index is 0.0714. The van der Waals surface area contributed by atoms with Crippen molar-refractivity contribution in [1.82, 2.24) is 0 Å².